The molecule has 0 heterocycles. The van der Waals surface area contributed by atoms with Crippen LogP contribution in [0.25, 0.3) is 0 Å². The summed E-state index contributed by atoms with van der Waals surface area (Å²) in [5.74, 6) is 0. The fraction of sp³-hybridized carbons (Fsp3) is 0.100. The number of hydrogen-bond donors (Lipinski definition) is 2. The first-order valence-corrected chi connectivity index (χ1v) is 12.4. The van der Waals surface area contributed by atoms with Crippen molar-refractivity contribution in [3.05, 3.63) is 81.8 Å². The zero-order valence-corrected chi connectivity index (χ0v) is 19.1. The molecule has 0 amide bonds. The van der Waals surface area contributed by atoms with Gasteiger partial charge < -0.3 is 0 Å². The monoisotopic (exact) mass is 484 g/mol. The lowest BCUT2D eigenvalue weighted by molar-refractivity contribution is 0.600. The van der Waals surface area contributed by atoms with E-state index in [0.29, 0.717) is 5.69 Å². The van der Waals surface area contributed by atoms with E-state index in [4.69, 9.17) is 23.2 Å². The molecule has 0 bridgehead atoms. The van der Waals surface area contributed by atoms with E-state index in [1.54, 1.807) is 12.1 Å². The van der Waals surface area contributed by atoms with Gasteiger partial charge in [-0.2, -0.15) is 0 Å². The minimum absolute atomic E-state index is 0.00976. The van der Waals surface area contributed by atoms with Crippen LogP contribution in [-0.2, 0) is 20.0 Å². The lowest BCUT2D eigenvalue weighted by Gasteiger charge is -2.12. The highest BCUT2D eigenvalue weighted by atomic mass is 35.5. The van der Waals surface area contributed by atoms with Crippen LogP contribution in [-0.4, -0.2) is 16.8 Å². The SMILES string of the molecule is Cc1ccc(NS(=O)(=O)c2ccc(NS(=O)(=O)c3cc(Cl)ccc3Cl)cc2)cc1C. The van der Waals surface area contributed by atoms with Crippen LogP contribution in [0.2, 0.25) is 10.0 Å². The number of aryl methyl sites for hydroxylation is 2. The third-order valence-electron chi connectivity index (χ3n) is 4.36. The Morgan fingerprint density at radius 2 is 1.27 bits per heavy atom. The van der Waals surface area contributed by atoms with E-state index in [1.807, 2.05) is 19.9 Å². The van der Waals surface area contributed by atoms with Crippen molar-refractivity contribution >= 4 is 54.6 Å². The Morgan fingerprint density at radius 1 is 0.667 bits per heavy atom. The maximum atomic E-state index is 12.6. The van der Waals surface area contributed by atoms with Crippen molar-refractivity contribution in [3.8, 4) is 0 Å². The van der Waals surface area contributed by atoms with E-state index >= 15 is 0 Å². The molecule has 6 nitrogen and oxygen atoms in total. The molecule has 0 unspecified atom stereocenters. The molecular weight excluding hydrogens is 467 g/mol. The first-order valence-electron chi connectivity index (χ1n) is 8.66. The number of nitrogens with one attached hydrogen (secondary N) is 2. The Bertz CT molecular complexity index is 1310. The molecular formula is C20H18Cl2N2O4S2. The average molecular weight is 485 g/mol. The van der Waals surface area contributed by atoms with Gasteiger partial charge in [0.05, 0.1) is 9.92 Å². The van der Waals surface area contributed by atoms with E-state index in [2.05, 4.69) is 9.44 Å². The molecule has 0 atom stereocenters. The normalized spacial score (nSPS) is 11.9. The minimum Gasteiger partial charge on any atom is -0.280 e. The van der Waals surface area contributed by atoms with Gasteiger partial charge in [0.25, 0.3) is 20.0 Å². The topological polar surface area (TPSA) is 92.3 Å². The van der Waals surface area contributed by atoms with Gasteiger partial charge in [0.1, 0.15) is 4.90 Å². The molecule has 0 fully saturated rings. The number of halogens is 2. The van der Waals surface area contributed by atoms with Gasteiger partial charge in [0.15, 0.2) is 0 Å². The van der Waals surface area contributed by atoms with Gasteiger partial charge in [-0.15, -0.1) is 0 Å². The highest BCUT2D eigenvalue weighted by Crippen LogP contribution is 2.27. The molecule has 0 saturated heterocycles. The molecule has 3 aromatic rings. The van der Waals surface area contributed by atoms with Gasteiger partial charge in [0, 0.05) is 16.4 Å². The van der Waals surface area contributed by atoms with Crippen LogP contribution < -0.4 is 9.44 Å². The first kappa shape index (κ1) is 22.4. The smallest absolute Gasteiger partial charge is 0.263 e. The van der Waals surface area contributed by atoms with Gasteiger partial charge in [-0.3, -0.25) is 9.44 Å². The quantitative estimate of drug-likeness (QED) is 0.501. The predicted molar refractivity (Wildman–Crippen MR) is 120 cm³/mol. The van der Waals surface area contributed by atoms with E-state index in [1.165, 1.54) is 42.5 Å². The summed E-state index contributed by atoms with van der Waals surface area (Å²) < 4.78 is 55.2. The molecule has 3 rings (SSSR count). The van der Waals surface area contributed by atoms with Gasteiger partial charge in [-0.1, -0.05) is 29.3 Å². The average Bonchev–Trinajstić information content (AvgIpc) is 2.66. The highest BCUT2D eigenvalue weighted by molar-refractivity contribution is 7.93. The van der Waals surface area contributed by atoms with Crippen molar-refractivity contribution in [2.45, 2.75) is 23.6 Å². The number of hydrogen-bond acceptors (Lipinski definition) is 4. The summed E-state index contributed by atoms with van der Waals surface area (Å²) in [5.41, 5.74) is 2.63. The molecule has 0 aliphatic carbocycles. The first-order chi connectivity index (χ1) is 14.0. The fourth-order valence-corrected chi connectivity index (χ4v) is 5.49. The summed E-state index contributed by atoms with van der Waals surface area (Å²) in [6.07, 6.45) is 0. The van der Waals surface area contributed by atoms with E-state index in [-0.39, 0.29) is 25.5 Å². The second-order valence-electron chi connectivity index (χ2n) is 6.61. The van der Waals surface area contributed by atoms with Crippen molar-refractivity contribution in [1.29, 1.82) is 0 Å². The van der Waals surface area contributed by atoms with Gasteiger partial charge >= 0.3 is 0 Å². The van der Waals surface area contributed by atoms with Crippen molar-refractivity contribution < 1.29 is 16.8 Å². The molecule has 0 saturated carbocycles. The van der Waals surface area contributed by atoms with E-state index < -0.39 is 20.0 Å². The molecule has 0 aliphatic rings. The highest BCUT2D eigenvalue weighted by Gasteiger charge is 2.20. The third kappa shape index (κ3) is 5.07. The van der Waals surface area contributed by atoms with Crippen molar-refractivity contribution in [2.24, 2.45) is 0 Å². The molecule has 158 valence electrons. The largest absolute Gasteiger partial charge is 0.280 e. The molecule has 0 aromatic heterocycles. The zero-order chi connectivity index (χ0) is 22.1. The maximum absolute atomic E-state index is 12.6. The second kappa shape index (κ2) is 8.47. The molecule has 10 heteroatoms. The second-order valence-corrected chi connectivity index (χ2v) is 10.8. The predicted octanol–water partition coefficient (Wildman–Crippen LogP) is 5.21. The number of benzene rings is 3. The number of rotatable bonds is 6. The van der Waals surface area contributed by atoms with E-state index in [0.717, 1.165) is 11.1 Å². The van der Waals surface area contributed by atoms with Gasteiger partial charge in [0.2, 0.25) is 0 Å². The van der Waals surface area contributed by atoms with Gasteiger partial charge in [-0.25, -0.2) is 16.8 Å². The standard InChI is InChI=1S/C20H18Cl2N2O4S2/c1-13-3-5-17(11-14(13)2)24-29(25,26)18-8-6-16(7-9-18)23-30(27,28)20-12-15(21)4-10-19(20)22/h3-12,23-24H,1-2H3. The number of sulfonamides is 2. The van der Waals surface area contributed by atoms with Crippen LogP contribution >= 0.6 is 23.2 Å². The Kier molecular flexibility index (Phi) is 6.33. The van der Waals surface area contributed by atoms with Crippen LogP contribution in [0.3, 0.4) is 0 Å². The summed E-state index contributed by atoms with van der Waals surface area (Å²) in [6, 6.07) is 14.7. The minimum atomic E-state index is -4.00. The summed E-state index contributed by atoms with van der Waals surface area (Å²) in [5, 5.41) is 0.238. The lowest BCUT2D eigenvalue weighted by atomic mass is 10.1. The Balaban J connectivity index is 1.81. The zero-order valence-electron chi connectivity index (χ0n) is 16.0. The molecule has 3 aromatic carbocycles. The third-order valence-corrected chi connectivity index (χ3v) is 7.85. The van der Waals surface area contributed by atoms with Crippen LogP contribution in [0.15, 0.2) is 70.5 Å². The van der Waals surface area contributed by atoms with Crippen molar-refractivity contribution in [2.75, 3.05) is 9.44 Å². The molecule has 0 aliphatic heterocycles. The Hall–Kier alpha value is -2.26. The molecule has 0 spiro atoms. The fourth-order valence-electron chi connectivity index (χ4n) is 2.61. The van der Waals surface area contributed by atoms with Crippen LogP contribution in [0.4, 0.5) is 11.4 Å². The summed E-state index contributed by atoms with van der Waals surface area (Å²) in [6.45, 7) is 3.82. The number of anilines is 2. The maximum Gasteiger partial charge on any atom is 0.263 e. The Labute approximate surface area is 186 Å². The van der Waals surface area contributed by atoms with Crippen molar-refractivity contribution in [1.82, 2.24) is 0 Å². The van der Waals surface area contributed by atoms with Crippen LogP contribution in [0.1, 0.15) is 11.1 Å². The van der Waals surface area contributed by atoms with E-state index in [9.17, 15) is 16.8 Å². The van der Waals surface area contributed by atoms with Crippen LogP contribution in [0.5, 0.6) is 0 Å². The Morgan fingerprint density at radius 3 is 1.90 bits per heavy atom. The molecule has 0 radical (unpaired) electrons. The summed E-state index contributed by atoms with van der Waals surface area (Å²) in [7, 11) is -7.84. The molecule has 30 heavy (non-hydrogen) atoms. The summed E-state index contributed by atoms with van der Waals surface area (Å²) >= 11 is 11.8. The van der Waals surface area contributed by atoms with Gasteiger partial charge in [-0.05, 0) is 79.6 Å². The summed E-state index contributed by atoms with van der Waals surface area (Å²) in [4.78, 5) is -0.186. The van der Waals surface area contributed by atoms with Crippen molar-refractivity contribution in [3.63, 3.8) is 0 Å². The van der Waals surface area contributed by atoms with Crippen LogP contribution in [0, 0.1) is 13.8 Å². The molecule has 2 N–H and O–H groups in total. The lowest BCUT2D eigenvalue weighted by Crippen LogP contribution is -2.15.